The number of carbonyl (C=O) groups excluding carboxylic acids is 2. The van der Waals surface area contributed by atoms with Gasteiger partial charge in [0, 0.05) is 32.7 Å². The normalized spacial score (nSPS) is 20.4. The standard InChI is InChI=1S/C23H29N3O5S/c1-17-8-9-18(2)21(16-17)32(29,30)25-13-11-24(12-14-25)22(27)19-6-3-4-10-26(19)23(28)20-7-5-15-31-20/h5,7-9,15-16,19H,3-4,6,10-14H2,1-2H3. The molecule has 172 valence electrons. The van der Waals surface area contributed by atoms with Gasteiger partial charge in [-0.05, 0) is 62.4 Å². The van der Waals surface area contributed by atoms with Crippen LogP contribution in [-0.2, 0) is 14.8 Å². The molecule has 9 heteroatoms. The summed E-state index contributed by atoms with van der Waals surface area (Å²) in [4.78, 5) is 29.7. The lowest BCUT2D eigenvalue weighted by molar-refractivity contribution is -0.138. The first-order valence-electron chi connectivity index (χ1n) is 11.0. The number of aryl methyl sites for hydroxylation is 2. The van der Waals surface area contributed by atoms with Gasteiger partial charge in [0.05, 0.1) is 11.2 Å². The van der Waals surface area contributed by atoms with E-state index in [2.05, 4.69) is 0 Å². The van der Waals surface area contributed by atoms with Gasteiger partial charge in [0.25, 0.3) is 5.91 Å². The van der Waals surface area contributed by atoms with Crippen LogP contribution in [-0.4, -0.2) is 73.1 Å². The predicted octanol–water partition coefficient (Wildman–Crippen LogP) is 2.42. The van der Waals surface area contributed by atoms with Crippen LogP contribution in [0.4, 0.5) is 0 Å². The van der Waals surface area contributed by atoms with Crippen molar-refractivity contribution in [3.05, 3.63) is 53.5 Å². The number of amides is 2. The number of nitrogens with zero attached hydrogens (tertiary/aromatic N) is 3. The molecule has 0 radical (unpaired) electrons. The number of hydrogen-bond acceptors (Lipinski definition) is 5. The number of piperidine rings is 1. The molecule has 0 bridgehead atoms. The molecule has 32 heavy (non-hydrogen) atoms. The van der Waals surface area contributed by atoms with E-state index in [9.17, 15) is 18.0 Å². The van der Waals surface area contributed by atoms with Crippen molar-refractivity contribution in [2.45, 2.75) is 44.0 Å². The first-order valence-corrected chi connectivity index (χ1v) is 12.4. The topological polar surface area (TPSA) is 91.1 Å². The van der Waals surface area contributed by atoms with Crippen LogP contribution >= 0.6 is 0 Å². The average molecular weight is 460 g/mol. The van der Waals surface area contributed by atoms with Gasteiger partial charge in [0.15, 0.2) is 5.76 Å². The minimum atomic E-state index is -3.62. The molecule has 2 aliphatic rings. The lowest BCUT2D eigenvalue weighted by Crippen LogP contribution is -2.57. The average Bonchev–Trinajstić information content (AvgIpc) is 3.35. The van der Waals surface area contributed by atoms with E-state index in [1.54, 1.807) is 34.9 Å². The Bertz CT molecular complexity index is 1090. The molecule has 2 aromatic rings. The quantitative estimate of drug-likeness (QED) is 0.700. The number of hydrogen-bond donors (Lipinski definition) is 0. The minimum absolute atomic E-state index is 0.117. The maximum Gasteiger partial charge on any atom is 0.290 e. The molecule has 2 amide bonds. The summed E-state index contributed by atoms with van der Waals surface area (Å²) >= 11 is 0. The Kier molecular flexibility index (Phi) is 6.39. The van der Waals surface area contributed by atoms with Gasteiger partial charge in [-0.25, -0.2) is 8.42 Å². The Morgan fingerprint density at radius 1 is 1.00 bits per heavy atom. The van der Waals surface area contributed by atoms with E-state index >= 15 is 0 Å². The summed E-state index contributed by atoms with van der Waals surface area (Å²) in [7, 11) is -3.62. The lowest BCUT2D eigenvalue weighted by Gasteiger charge is -2.40. The molecule has 3 heterocycles. The molecule has 4 rings (SSSR count). The van der Waals surface area contributed by atoms with Crippen LogP contribution in [0.3, 0.4) is 0 Å². The van der Waals surface area contributed by atoms with Crippen LogP contribution in [0, 0.1) is 13.8 Å². The van der Waals surface area contributed by atoms with Gasteiger partial charge in [0.1, 0.15) is 6.04 Å². The zero-order valence-corrected chi connectivity index (χ0v) is 19.3. The molecular formula is C23H29N3O5S. The highest BCUT2D eigenvalue weighted by Gasteiger charge is 2.38. The van der Waals surface area contributed by atoms with Gasteiger partial charge in [0.2, 0.25) is 15.9 Å². The van der Waals surface area contributed by atoms with Gasteiger partial charge >= 0.3 is 0 Å². The fourth-order valence-electron chi connectivity index (χ4n) is 4.46. The molecule has 2 aliphatic heterocycles. The van der Waals surface area contributed by atoms with Crippen LogP contribution in [0.25, 0.3) is 0 Å². The predicted molar refractivity (Wildman–Crippen MR) is 119 cm³/mol. The number of piperazine rings is 1. The third-order valence-corrected chi connectivity index (χ3v) is 8.33. The highest BCUT2D eigenvalue weighted by molar-refractivity contribution is 7.89. The summed E-state index contributed by atoms with van der Waals surface area (Å²) in [6.07, 6.45) is 3.77. The maximum absolute atomic E-state index is 13.3. The summed E-state index contributed by atoms with van der Waals surface area (Å²) in [5.41, 5.74) is 1.60. The molecule has 2 saturated heterocycles. The molecule has 2 fully saturated rings. The van der Waals surface area contributed by atoms with E-state index in [1.165, 1.54) is 10.6 Å². The number of sulfonamides is 1. The Morgan fingerprint density at radius 3 is 2.44 bits per heavy atom. The molecule has 0 N–H and O–H groups in total. The van der Waals surface area contributed by atoms with Crippen molar-refractivity contribution in [1.82, 2.24) is 14.1 Å². The van der Waals surface area contributed by atoms with Crippen molar-refractivity contribution in [3.63, 3.8) is 0 Å². The highest BCUT2D eigenvalue weighted by atomic mass is 32.2. The number of carbonyl (C=O) groups is 2. The first kappa shape index (κ1) is 22.5. The Labute approximate surface area is 188 Å². The molecule has 8 nitrogen and oxygen atoms in total. The summed E-state index contributed by atoms with van der Waals surface area (Å²) in [5, 5.41) is 0. The van der Waals surface area contributed by atoms with Crippen molar-refractivity contribution in [2.24, 2.45) is 0 Å². The van der Waals surface area contributed by atoms with Crippen LogP contribution in [0.15, 0.2) is 45.9 Å². The van der Waals surface area contributed by atoms with Crippen molar-refractivity contribution in [3.8, 4) is 0 Å². The fraction of sp³-hybridized carbons (Fsp3) is 0.478. The van der Waals surface area contributed by atoms with Gasteiger partial charge in [-0.1, -0.05) is 12.1 Å². The summed E-state index contributed by atoms with van der Waals surface area (Å²) < 4.78 is 33.0. The SMILES string of the molecule is Cc1ccc(C)c(S(=O)(=O)N2CCN(C(=O)C3CCCCN3C(=O)c3ccco3)CC2)c1. The molecule has 1 aromatic carbocycles. The van der Waals surface area contributed by atoms with Crippen LogP contribution in [0.2, 0.25) is 0 Å². The minimum Gasteiger partial charge on any atom is -0.459 e. The summed E-state index contributed by atoms with van der Waals surface area (Å²) in [6.45, 7) is 5.26. The van der Waals surface area contributed by atoms with Crippen molar-refractivity contribution in [1.29, 1.82) is 0 Å². The van der Waals surface area contributed by atoms with Gasteiger partial charge in [-0.15, -0.1) is 0 Å². The monoisotopic (exact) mass is 459 g/mol. The molecule has 1 aromatic heterocycles. The Hall–Kier alpha value is -2.65. The third kappa shape index (κ3) is 4.31. The second kappa shape index (κ2) is 9.07. The van der Waals surface area contributed by atoms with E-state index in [1.807, 2.05) is 19.1 Å². The maximum atomic E-state index is 13.3. The number of furan rings is 1. The smallest absolute Gasteiger partial charge is 0.290 e. The van der Waals surface area contributed by atoms with Gasteiger partial charge in [-0.3, -0.25) is 9.59 Å². The molecule has 0 spiro atoms. The third-order valence-electron chi connectivity index (χ3n) is 6.29. The van der Waals surface area contributed by atoms with Crippen LogP contribution in [0.1, 0.15) is 40.9 Å². The fourth-order valence-corrected chi connectivity index (χ4v) is 6.19. The lowest BCUT2D eigenvalue weighted by atomic mass is 10.00. The first-order chi connectivity index (χ1) is 15.3. The van der Waals surface area contributed by atoms with Crippen LogP contribution < -0.4 is 0 Å². The molecular weight excluding hydrogens is 430 g/mol. The van der Waals surface area contributed by atoms with Gasteiger partial charge in [-0.2, -0.15) is 4.31 Å². The molecule has 0 aliphatic carbocycles. The Morgan fingerprint density at radius 2 is 1.75 bits per heavy atom. The largest absolute Gasteiger partial charge is 0.459 e. The highest BCUT2D eigenvalue weighted by Crippen LogP contribution is 2.25. The van der Waals surface area contributed by atoms with E-state index in [4.69, 9.17) is 4.42 Å². The van der Waals surface area contributed by atoms with Crippen molar-refractivity contribution >= 4 is 21.8 Å². The second-order valence-corrected chi connectivity index (χ2v) is 10.4. The van der Waals surface area contributed by atoms with Gasteiger partial charge < -0.3 is 14.2 Å². The van der Waals surface area contributed by atoms with Crippen LogP contribution in [0.5, 0.6) is 0 Å². The number of rotatable bonds is 4. The number of benzene rings is 1. The van der Waals surface area contributed by atoms with E-state index < -0.39 is 16.1 Å². The Balaban J connectivity index is 1.44. The molecule has 1 unspecified atom stereocenters. The molecule has 0 saturated carbocycles. The van der Waals surface area contributed by atoms with E-state index in [0.717, 1.165) is 18.4 Å². The summed E-state index contributed by atoms with van der Waals surface area (Å²) in [5.74, 6) is -0.160. The zero-order chi connectivity index (χ0) is 22.9. The van der Waals surface area contributed by atoms with E-state index in [-0.39, 0.29) is 30.7 Å². The van der Waals surface area contributed by atoms with Crippen molar-refractivity contribution < 1.29 is 22.4 Å². The molecule has 1 atom stereocenters. The van der Waals surface area contributed by atoms with E-state index in [0.29, 0.717) is 36.5 Å². The zero-order valence-electron chi connectivity index (χ0n) is 18.5. The van der Waals surface area contributed by atoms with Crippen molar-refractivity contribution in [2.75, 3.05) is 32.7 Å². The summed E-state index contributed by atoms with van der Waals surface area (Å²) in [6, 6.07) is 8.13. The second-order valence-electron chi connectivity index (χ2n) is 8.49. The number of likely N-dealkylation sites (tertiary alicyclic amines) is 1.